The van der Waals surface area contributed by atoms with Gasteiger partial charge in [0.05, 0.1) is 12.0 Å². The van der Waals surface area contributed by atoms with E-state index in [-0.39, 0.29) is 36.0 Å². The van der Waals surface area contributed by atoms with Gasteiger partial charge in [0.15, 0.2) is 5.75 Å². The van der Waals surface area contributed by atoms with Crippen molar-refractivity contribution in [3.05, 3.63) is 81.7 Å². The van der Waals surface area contributed by atoms with E-state index in [9.17, 15) is 14.9 Å². The first-order chi connectivity index (χ1) is 14.4. The Morgan fingerprint density at radius 3 is 2.70 bits per heavy atom. The standard InChI is InChI=1S/C20H17ClN4O5/c1-3-10-24(20(26)14-6-9-17(29-2)16(11-14)25(27)28)12-18-22-19(23-30-18)13-4-7-15(21)8-5-13/h3-9,11H,1,10,12H2,2H3. The zero-order valence-electron chi connectivity index (χ0n) is 15.9. The summed E-state index contributed by atoms with van der Waals surface area (Å²) in [5, 5.41) is 15.7. The van der Waals surface area contributed by atoms with E-state index >= 15 is 0 Å². The van der Waals surface area contributed by atoms with Crippen LogP contribution in [0.3, 0.4) is 0 Å². The Morgan fingerprint density at radius 1 is 1.33 bits per heavy atom. The molecule has 0 aliphatic heterocycles. The zero-order chi connectivity index (χ0) is 21.7. The van der Waals surface area contributed by atoms with Gasteiger partial charge in [0.2, 0.25) is 11.7 Å². The number of ether oxygens (including phenoxy) is 1. The van der Waals surface area contributed by atoms with Crippen molar-refractivity contribution in [3.8, 4) is 17.1 Å². The highest BCUT2D eigenvalue weighted by molar-refractivity contribution is 6.30. The number of benzene rings is 2. The molecule has 1 aromatic heterocycles. The predicted molar refractivity (Wildman–Crippen MR) is 109 cm³/mol. The molecule has 0 aliphatic carbocycles. The minimum absolute atomic E-state index is 0.00523. The third kappa shape index (κ3) is 4.64. The van der Waals surface area contributed by atoms with E-state index in [0.29, 0.717) is 16.4 Å². The quantitative estimate of drug-likeness (QED) is 0.301. The van der Waals surface area contributed by atoms with Crippen molar-refractivity contribution >= 4 is 23.2 Å². The predicted octanol–water partition coefficient (Wildman–Crippen LogP) is 4.14. The Labute approximate surface area is 176 Å². The van der Waals surface area contributed by atoms with Gasteiger partial charge in [0, 0.05) is 28.8 Å². The molecule has 1 heterocycles. The van der Waals surface area contributed by atoms with Gasteiger partial charge in [-0.3, -0.25) is 14.9 Å². The minimum atomic E-state index is -0.607. The summed E-state index contributed by atoms with van der Waals surface area (Å²) in [6.45, 7) is 3.83. The van der Waals surface area contributed by atoms with Gasteiger partial charge in [-0.2, -0.15) is 4.98 Å². The second-order valence-electron chi connectivity index (χ2n) is 6.14. The van der Waals surface area contributed by atoms with Gasteiger partial charge < -0.3 is 14.2 Å². The van der Waals surface area contributed by atoms with Crippen LogP contribution < -0.4 is 4.74 Å². The van der Waals surface area contributed by atoms with Crippen molar-refractivity contribution in [2.75, 3.05) is 13.7 Å². The van der Waals surface area contributed by atoms with Gasteiger partial charge in [-0.05, 0) is 36.4 Å². The average molecular weight is 429 g/mol. The molecule has 0 N–H and O–H groups in total. The molecule has 3 rings (SSSR count). The molecule has 3 aromatic rings. The zero-order valence-corrected chi connectivity index (χ0v) is 16.7. The molecule has 0 bridgehead atoms. The van der Waals surface area contributed by atoms with E-state index in [1.165, 1.54) is 36.3 Å². The average Bonchev–Trinajstić information content (AvgIpc) is 3.21. The van der Waals surface area contributed by atoms with E-state index < -0.39 is 10.8 Å². The lowest BCUT2D eigenvalue weighted by molar-refractivity contribution is -0.385. The van der Waals surface area contributed by atoms with Crippen LogP contribution in [0, 0.1) is 10.1 Å². The summed E-state index contributed by atoms with van der Waals surface area (Å²) >= 11 is 5.88. The fraction of sp³-hybridized carbons (Fsp3) is 0.150. The second kappa shape index (κ2) is 9.19. The lowest BCUT2D eigenvalue weighted by atomic mass is 10.1. The van der Waals surface area contributed by atoms with Gasteiger partial charge in [0.1, 0.15) is 6.54 Å². The fourth-order valence-electron chi connectivity index (χ4n) is 2.72. The Morgan fingerprint density at radius 2 is 2.07 bits per heavy atom. The second-order valence-corrected chi connectivity index (χ2v) is 6.57. The largest absolute Gasteiger partial charge is 0.490 e. The first-order valence-corrected chi connectivity index (χ1v) is 9.12. The monoisotopic (exact) mass is 428 g/mol. The number of carbonyl (C=O) groups excluding carboxylic acids is 1. The number of nitrogens with zero attached hydrogens (tertiary/aromatic N) is 4. The molecule has 0 saturated heterocycles. The van der Waals surface area contributed by atoms with Crippen molar-refractivity contribution in [1.82, 2.24) is 15.0 Å². The van der Waals surface area contributed by atoms with E-state index in [2.05, 4.69) is 16.7 Å². The van der Waals surface area contributed by atoms with Gasteiger partial charge in [-0.25, -0.2) is 0 Å². The van der Waals surface area contributed by atoms with Crippen LogP contribution in [0.5, 0.6) is 5.75 Å². The number of hydrogen-bond acceptors (Lipinski definition) is 7. The first-order valence-electron chi connectivity index (χ1n) is 8.74. The van der Waals surface area contributed by atoms with Crippen LogP contribution in [-0.2, 0) is 6.54 Å². The molecular weight excluding hydrogens is 412 g/mol. The molecule has 30 heavy (non-hydrogen) atoms. The van der Waals surface area contributed by atoms with Gasteiger partial charge in [0.25, 0.3) is 5.91 Å². The minimum Gasteiger partial charge on any atom is -0.490 e. The molecule has 154 valence electrons. The van der Waals surface area contributed by atoms with Crippen molar-refractivity contribution in [2.45, 2.75) is 6.54 Å². The molecule has 0 unspecified atom stereocenters. The summed E-state index contributed by atoms with van der Waals surface area (Å²) in [6, 6.07) is 10.9. The molecular formula is C20H17ClN4O5. The number of amides is 1. The van der Waals surface area contributed by atoms with Crippen LogP contribution in [0.4, 0.5) is 5.69 Å². The van der Waals surface area contributed by atoms with Crippen LogP contribution in [0.15, 0.2) is 59.6 Å². The van der Waals surface area contributed by atoms with Crippen molar-refractivity contribution in [2.24, 2.45) is 0 Å². The first kappa shape index (κ1) is 21.0. The number of hydrogen-bond donors (Lipinski definition) is 0. The Kier molecular flexibility index (Phi) is 6.43. The maximum absolute atomic E-state index is 12.9. The lowest BCUT2D eigenvalue weighted by Crippen LogP contribution is -2.30. The third-order valence-corrected chi connectivity index (χ3v) is 4.41. The highest BCUT2D eigenvalue weighted by Gasteiger charge is 2.23. The number of halogens is 1. The third-order valence-electron chi connectivity index (χ3n) is 4.16. The summed E-state index contributed by atoms with van der Waals surface area (Å²) in [5.41, 5.74) is 0.535. The van der Waals surface area contributed by atoms with Gasteiger partial charge in [-0.15, -0.1) is 6.58 Å². The number of methoxy groups -OCH3 is 1. The SMILES string of the molecule is C=CCN(Cc1nc(-c2ccc(Cl)cc2)no1)C(=O)c1ccc(OC)c([N+](=O)[O-])c1. The van der Waals surface area contributed by atoms with Crippen molar-refractivity contribution < 1.29 is 19.0 Å². The maximum Gasteiger partial charge on any atom is 0.311 e. The number of nitro groups is 1. The van der Waals surface area contributed by atoms with Crippen LogP contribution in [0.1, 0.15) is 16.2 Å². The normalized spacial score (nSPS) is 10.5. The fourth-order valence-corrected chi connectivity index (χ4v) is 2.85. The highest BCUT2D eigenvalue weighted by Crippen LogP contribution is 2.28. The summed E-state index contributed by atoms with van der Waals surface area (Å²) < 4.78 is 10.2. The lowest BCUT2D eigenvalue weighted by Gasteiger charge is -2.19. The smallest absolute Gasteiger partial charge is 0.311 e. The van der Waals surface area contributed by atoms with E-state index in [1.807, 2.05) is 0 Å². The summed E-state index contributed by atoms with van der Waals surface area (Å²) in [4.78, 5) is 29.3. The number of carbonyl (C=O) groups is 1. The summed E-state index contributed by atoms with van der Waals surface area (Å²) in [6.07, 6.45) is 1.53. The van der Waals surface area contributed by atoms with E-state index in [1.54, 1.807) is 24.3 Å². The molecule has 0 aliphatic rings. The molecule has 0 fully saturated rings. The molecule has 0 saturated carbocycles. The molecule has 0 radical (unpaired) electrons. The molecule has 10 heteroatoms. The van der Waals surface area contributed by atoms with Crippen LogP contribution in [0.25, 0.3) is 11.4 Å². The maximum atomic E-state index is 12.9. The Balaban J connectivity index is 1.83. The van der Waals surface area contributed by atoms with Crippen LogP contribution >= 0.6 is 11.6 Å². The number of nitro benzene ring substituents is 1. The molecule has 9 nitrogen and oxygen atoms in total. The van der Waals surface area contributed by atoms with Gasteiger partial charge in [-0.1, -0.05) is 22.8 Å². The molecule has 2 aromatic carbocycles. The Bertz CT molecular complexity index is 1080. The van der Waals surface area contributed by atoms with Crippen molar-refractivity contribution in [3.63, 3.8) is 0 Å². The summed E-state index contributed by atoms with van der Waals surface area (Å²) in [5.74, 6) is 0.175. The van der Waals surface area contributed by atoms with Gasteiger partial charge >= 0.3 is 5.69 Å². The summed E-state index contributed by atoms with van der Waals surface area (Å²) in [7, 11) is 1.32. The van der Waals surface area contributed by atoms with Crippen LogP contribution in [0.2, 0.25) is 5.02 Å². The van der Waals surface area contributed by atoms with E-state index in [4.69, 9.17) is 20.9 Å². The topological polar surface area (TPSA) is 112 Å². The van der Waals surface area contributed by atoms with E-state index in [0.717, 1.165) is 0 Å². The molecule has 0 spiro atoms. The number of aromatic nitrogens is 2. The molecule has 0 atom stereocenters. The van der Waals surface area contributed by atoms with Crippen molar-refractivity contribution in [1.29, 1.82) is 0 Å². The Hall–Kier alpha value is -3.72. The molecule has 1 amide bonds. The highest BCUT2D eigenvalue weighted by atomic mass is 35.5. The number of rotatable bonds is 8. The van der Waals surface area contributed by atoms with Crippen LogP contribution in [-0.4, -0.2) is 39.5 Å².